The maximum absolute atomic E-state index is 10.3. The molecular formula is C6H7N3O2. The monoisotopic (exact) mass is 153 g/mol. The summed E-state index contributed by atoms with van der Waals surface area (Å²) in [5, 5.41) is 8.45. The molecule has 0 aromatic carbocycles. The van der Waals surface area contributed by atoms with Crippen molar-refractivity contribution in [3.05, 3.63) is 24.3 Å². The van der Waals surface area contributed by atoms with E-state index < -0.39 is 12.0 Å². The highest BCUT2D eigenvalue weighted by molar-refractivity contribution is 5.74. The average molecular weight is 153 g/mol. The minimum atomic E-state index is -1.09. The molecule has 5 heteroatoms. The zero-order valence-corrected chi connectivity index (χ0v) is 5.64. The SMILES string of the molecule is NC(C(=O)O)c1ccncn1. The molecule has 1 rings (SSSR count). The van der Waals surface area contributed by atoms with Crippen molar-refractivity contribution in [2.24, 2.45) is 5.73 Å². The average Bonchev–Trinajstić information content (AvgIpc) is 2.05. The third kappa shape index (κ3) is 1.71. The van der Waals surface area contributed by atoms with Gasteiger partial charge in [0.1, 0.15) is 12.4 Å². The van der Waals surface area contributed by atoms with Crippen molar-refractivity contribution in [1.82, 2.24) is 9.97 Å². The van der Waals surface area contributed by atoms with Crippen LogP contribution < -0.4 is 5.73 Å². The summed E-state index contributed by atoms with van der Waals surface area (Å²) in [6, 6.07) is 0.414. The molecule has 11 heavy (non-hydrogen) atoms. The first-order valence-electron chi connectivity index (χ1n) is 2.96. The second-order valence-corrected chi connectivity index (χ2v) is 1.95. The molecule has 0 saturated heterocycles. The van der Waals surface area contributed by atoms with E-state index >= 15 is 0 Å². The largest absolute Gasteiger partial charge is 0.480 e. The normalized spacial score (nSPS) is 12.5. The molecule has 0 saturated carbocycles. The van der Waals surface area contributed by atoms with Gasteiger partial charge >= 0.3 is 5.97 Å². The van der Waals surface area contributed by atoms with Gasteiger partial charge < -0.3 is 10.8 Å². The maximum atomic E-state index is 10.3. The Morgan fingerprint density at radius 1 is 1.73 bits per heavy atom. The maximum Gasteiger partial charge on any atom is 0.326 e. The fourth-order valence-corrected chi connectivity index (χ4v) is 0.611. The Bertz CT molecular complexity index is 249. The number of aliphatic carboxylic acids is 1. The second-order valence-electron chi connectivity index (χ2n) is 1.95. The zero-order valence-electron chi connectivity index (χ0n) is 5.64. The standard InChI is InChI=1S/C6H7N3O2/c7-5(6(10)11)4-1-2-8-3-9-4/h1-3,5H,7H2,(H,10,11). The quantitative estimate of drug-likeness (QED) is 0.601. The van der Waals surface area contributed by atoms with Crippen LogP contribution in [0.2, 0.25) is 0 Å². The van der Waals surface area contributed by atoms with E-state index in [2.05, 4.69) is 9.97 Å². The van der Waals surface area contributed by atoms with Crippen LogP contribution in [0.3, 0.4) is 0 Å². The molecule has 0 aliphatic heterocycles. The first-order chi connectivity index (χ1) is 5.22. The Balaban J connectivity index is 2.85. The van der Waals surface area contributed by atoms with Crippen molar-refractivity contribution in [3.8, 4) is 0 Å². The predicted molar refractivity (Wildman–Crippen MR) is 36.6 cm³/mol. The summed E-state index contributed by atoms with van der Waals surface area (Å²) in [6.07, 6.45) is 2.71. The molecule has 1 unspecified atom stereocenters. The zero-order chi connectivity index (χ0) is 8.27. The number of carboxylic acids is 1. The molecular weight excluding hydrogens is 146 g/mol. The Morgan fingerprint density at radius 2 is 2.45 bits per heavy atom. The van der Waals surface area contributed by atoms with Gasteiger partial charge in [-0.05, 0) is 6.07 Å². The number of hydrogen-bond acceptors (Lipinski definition) is 4. The molecule has 1 aromatic rings. The highest BCUT2D eigenvalue weighted by Gasteiger charge is 2.14. The second kappa shape index (κ2) is 3.07. The molecule has 1 atom stereocenters. The summed E-state index contributed by atoms with van der Waals surface area (Å²) < 4.78 is 0. The van der Waals surface area contributed by atoms with E-state index in [9.17, 15) is 4.79 Å². The fourth-order valence-electron chi connectivity index (χ4n) is 0.611. The number of nitrogens with two attached hydrogens (primary N) is 1. The van der Waals surface area contributed by atoms with Gasteiger partial charge in [0.25, 0.3) is 0 Å². The third-order valence-corrected chi connectivity index (χ3v) is 1.19. The van der Waals surface area contributed by atoms with Gasteiger partial charge in [0, 0.05) is 6.20 Å². The van der Waals surface area contributed by atoms with Crippen molar-refractivity contribution >= 4 is 5.97 Å². The molecule has 1 aromatic heterocycles. The Hall–Kier alpha value is -1.49. The van der Waals surface area contributed by atoms with E-state index in [1.54, 1.807) is 0 Å². The van der Waals surface area contributed by atoms with E-state index in [-0.39, 0.29) is 0 Å². The third-order valence-electron chi connectivity index (χ3n) is 1.19. The highest BCUT2D eigenvalue weighted by atomic mass is 16.4. The smallest absolute Gasteiger partial charge is 0.326 e. The molecule has 0 radical (unpaired) electrons. The first kappa shape index (κ1) is 7.62. The topological polar surface area (TPSA) is 89.1 Å². The Kier molecular flexibility index (Phi) is 2.12. The lowest BCUT2D eigenvalue weighted by molar-refractivity contribution is -0.138. The lowest BCUT2D eigenvalue weighted by Gasteiger charge is -2.02. The lowest BCUT2D eigenvalue weighted by Crippen LogP contribution is -2.21. The molecule has 58 valence electrons. The van der Waals surface area contributed by atoms with Crippen LogP contribution in [0.25, 0.3) is 0 Å². The minimum Gasteiger partial charge on any atom is -0.480 e. The van der Waals surface area contributed by atoms with Crippen LogP contribution >= 0.6 is 0 Å². The van der Waals surface area contributed by atoms with Crippen LogP contribution in [0.1, 0.15) is 11.7 Å². The molecule has 3 N–H and O–H groups in total. The van der Waals surface area contributed by atoms with E-state index in [4.69, 9.17) is 10.8 Å². The van der Waals surface area contributed by atoms with Crippen molar-refractivity contribution in [3.63, 3.8) is 0 Å². The molecule has 0 fully saturated rings. The molecule has 0 amide bonds. The Labute approximate surface area is 62.9 Å². The summed E-state index contributed by atoms with van der Waals surface area (Å²) in [6.45, 7) is 0. The number of carbonyl (C=O) groups is 1. The molecule has 0 bridgehead atoms. The lowest BCUT2D eigenvalue weighted by atomic mass is 10.2. The summed E-state index contributed by atoms with van der Waals surface area (Å²) in [5.74, 6) is -1.09. The van der Waals surface area contributed by atoms with Crippen molar-refractivity contribution in [2.45, 2.75) is 6.04 Å². The molecule has 0 spiro atoms. The van der Waals surface area contributed by atoms with E-state index in [1.165, 1.54) is 18.6 Å². The van der Waals surface area contributed by atoms with Gasteiger partial charge in [0.15, 0.2) is 0 Å². The van der Waals surface area contributed by atoms with Crippen LogP contribution in [0.4, 0.5) is 0 Å². The van der Waals surface area contributed by atoms with Gasteiger partial charge in [-0.3, -0.25) is 4.79 Å². The van der Waals surface area contributed by atoms with Crippen molar-refractivity contribution in [2.75, 3.05) is 0 Å². The summed E-state index contributed by atoms with van der Waals surface area (Å²) in [4.78, 5) is 17.6. The molecule has 0 aliphatic carbocycles. The van der Waals surface area contributed by atoms with Gasteiger partial charge in [-0.1, -0.05) is 0 Å². The summed E-state index contributed by atoms with van der Waals surface area (Å²) in [7, 11) is 0. The molecule has 0 aliphatic rings. The van der Waals surface area contributed by atoms with Crippen LogP contribution in [0, 0.1) is 0 Å². The van der Waals surface area contributed by atoms with Gasteiger partial charge in [-0.15, -0.1) is 0 Å². The summed E-state index contributed by atoms with van der Waals surface area (Å²) in [5.41, 5.74) is 5.56. The Morgan fingerprint density at radius 3 is 2.91 bits per heavy atom. The minimum absolute atomic E-state index is 0.313. The van der Waals surface area contributed by atoms with Crippen molar-refractivity contribution in [1.29, 1.82) is 0 Å². The van der Waals surface area contributed by atoms with Gasteiger partial charge in [0.05, 0.1) is 5.69 Å². The van der Waals surface area contributed by atoms with Gasteiger partial charge in [-0.25, -0.2) is 9.97 Å². The van der Waals surface area contributed by atoms with Crippen LogP contribution in [-0.4, -0.2) is 21.0 Å². The molecule has 1 heterocycles. The van der Waals surface area contributed by atoms with Gasteiger partial charge in [-0.2, -0.15) is 0 Å². The van der Waals surface area contributed by atoms with Crippen LogP contribution in [0.5, 0.6) is 0 Å². The van der Waals surface area contributed by atoms with E-state index in [0.717, 1.165) is 0 Å². The summed E-state index contributed by atoms with van der Waals surface area (Å²) >= 11 is 0. The number of rotatable bonds is 2. The fraction of sp³-hybridized carbons (Fsp3) is 0.167. The molecule has 5 nitrogen and oxygen atoms in total. The van der Waals surface area contributed by atoms with Gasteiger partial charge in [0.2, 0.25) is 0 Å². The van der Waals surface area contributed by atoms with Crippen LogP contribution in [0.15, 0.2) is 18.6 Å². The first-order valence-corrected chi connectivity index (χ1v) is 2.96. The predicted octanol–water partition coefficient (Wildman–Crippen LogP) is -0.439. The van der Waals surface area contributed by atoms with E-state index in [1.807, 2.05) is 0 Å². The number of nitrogens with zero attached hydrogens (tertiary/aromatic N) is 2. The highest BCUT2D eigenvalue weighted by Crippen LogP contribution is 2.03. The number of hydrogen-bond donors (Lipinski definition) is 2. The van der Waals surface area contributed by atoms with Crippen molar-refractivity contribution < 1.29 is 9.90 Å². The van der Waals surface area contributed by atoms with E-state index in [0.29, 0.717) is 5.69 Å². The number of carboxylic acid groups (broad SMARTS) is 1. The van der Waals surface area contributed by atoms with Crippen LogP contribution in [-0.2, 0) is 4.79 Å². The number of aromatic nitrogens is 2.